The van der Waals surface area contributed by atoms with E-state index in [2.05, 4.69) is 13.8 Å². The molecule has 3 rings (SSSR count). The van der Waals surface area contributed by atoms with Crippen LogP contribution in [0.3, 0.4) is 0 Å². The summed E-state index contributed by atoms with van der Waals surface area (Å²) in [5, 5.41) is 1.24. The van der Waals surface area contributed by atoms with Gasteiger partial charge in [-0.3, -0.25) is 0 Å². The van der Waals surface area contributed by atoms with E-state index in [1.165, 1.54) is 54.1 Å². The van der Waals surface area contributed by atoms with Gasteiger partial charge in [0.05, 0.1) is 11.2 Å². The SMILES string of the molecule is CCC1CCc2nc(C3(N)CCC(C)CC3)sc2C1. The summed E-state index contributed by atoms with van der Waals surface area (Å²) in [6, 6.07) is 0. The first kappa shape index (κ1) is 13.6. The molecule has 1 aromatic heterocycles. The van der Waals surface area contributed by atoms with Gasteiger partial charge in [0.2, 0.25) is 0 Å². The van der Waals surface area contributed by atoms with E-state index in [9.17, 15) is 0 Å². The summed E-state index contributed by atoms with van der Waals surface area (Å²) in [4.78, 5) is 6.47. The van der Waals surface area contributed by atoms with Crippen LogP contribution < -0.4 is 5.73 Å². The number of rotatable bonds is 2. The lowest BCUT2D eigenvalue weighted by molar-refractivity contribution is 0.247. The molecule has 0 aliphatic heterocycles. The molecule has 1 aromatic rings. The lowest BCUT2D eigenvalue weighted by Gasteiger charge is -2.34. The molecule has 1 fully saturated rings. The van der Waals surface area contributed by atoms with E-state index in [1.54, 1.807) is 0 Å². The van der Waals surface area contributed by atoms with Crippen LogP contribution in [0.4, 0.5) is 0 Å². The van der Waals surface area contributed by atoms with Crippen LogP contribution in [-0.2, 0) is 18.4 Å². The van der Waals surface area contributed by atoms with Crippen molar-refractivity contribution in [2.75, 3.05) is 0 Å². The van der Waals surface area contributed by atoms with Crippen LogP contribution in [0.25, 0.3) is 0 Å². The Balaban J connectivity index is 1.81. The van der Waals surface area contributed by atoms with Crippen LogP contribution >= 0.6 is 11.3 Å². The first-order valence-electron chi connectivity index (χ1n) is 7.88. The number of aryl methyl sites for hydroxylation is 1. The van der Waals surface area contributed by atoms with Crippen molar-refractivity contribution >= 4 is 11.3 Å². The Morgan fingerprint density at radius 2 is 2.05 bits per heavy atom. The van der Waals surface area contributed by atoms with E-state index in [1.807, 2.05) is 11.3 Å². The molecule has 1 heterocycles. The van der Waals surface area contributed by atoms with E-state index in [-0.39, 0.29) is 5.54 Å². The van der Waals surface area contributed by atoms with Gasteiger partial charge in [0.1, 0.15) is 5.01 Å². The van der Waals surface area contributed by atoms with Gasteiger partial charge in [-0.1, -0.05) is 20.3 Å². The average molecular weight is 278 g/mol. The van der Waals surface area contributed by atoms with Crippen LogP contribution in [0, 0.1) is 11.8 Å². The lowest BCUT2D eigenvalue weighted by atomic mass is 9.78. The van der Waals surface area contributed by atoms with E-state index < -0.39 is 0 Å². The maximum Gasteiger partial charge on any atom is 0.113 e. The molecule has 2 N–H and O–H groups in total. The highest BCUT2D eigenvalue weighted by Gasteiger charge is 2.36. The average Bonchev–Trinajstić information content (AvgIpc) is 2.86. The first-order chi connectivity index (χ1) is 9.10. The number of hydrogen-bond donors (Lipinski definition) is 1. The van der Waals surface area contributed by atoms with E-state index in [4.69, 9.17) is 10.7 Å². The molecule has 2 aliphatic rings. The van der Waals surface area contributed by atoms with Crippen molar-refractivity contribution in [2.45, 2.75) is 70.8 Å². The number of hydrogen-bond acceptors (Lipinski definition) is 3. The molecule has 3 heteroatoms. The Morgan fingerprint density at radius 1 is 1.32 bits per heavy atom. The Labute approximate surface area is 120 Å². The van der Waals surface area contributed by atoms with E-state index in [0.29, 0.717) is 0 Å². The Bertz CT molecular complexity index is 444. The summed E-state index contributed by atoms with van der Waals surface area (Å²) in [7, 11) is 0. The molecular weight excluding hydrogens is 252 g/mol. The van der Waals surface area contributed by atoms with Crippen LogP contribution in [-0.4, -0.2) is 4.98 Å². The summed E-state index contributed by atoms with van der Waals surface area (Å²) in [6.07, 6.45) is 9.82. The molecule has 2 aliphatic carbocycles. The van der Waals surface area contributed by atoms with Gasteiger partial charge in [-0.25, -0.2) is 4.98 Å². The van der Waals surface area contributed by atoms with Crippen molar-refractivity contribution in [2.24, 2.45) is 17.6 Å². The second kappa shape index (κ2) is 5.17. The van der Waals surface area contributed by atoms with Gasteiger partial charge in [0, 0.05) is 4.88 Å². The molecule has 0 saturated heterocycles. The van der Waals surface area contributed by atoms with Gasteiger partial charge >= 0.3 is 0 Å². The minimum absolute atomic E-state index is 0.115. The highest BCUT2D eigenvalue weighted by molar-refractivity contribution is 7.11. The molecular formula is C16H26N2S. The largest absolute Gasteiger partial charge is 0.319 e. The fraction of sp³-hybridized carbons (Fsp3) is 0.812. The summed E-state index contributed by atoms with van der Waals surface area (Å²) in [5.74, 6) is 1.72. The highest BCUT2D eigenvalue weighted by Crippen LogP contribution is 2.41. The predicted octanol–water partition coefficient (Wildman–Crippen LogP) is 4.02. The number of nitrogens with zero attached hydrogens (tertiary/aromatic N) is 1. The molecule has 0 bridgehead atoms. The first-order valence-corrected chi connectivity index (χ1v) is 8.70. The van der Waals surface area contributed by atoms with E-state index in [0.717, 1.165) is 24.7 Å². The van der Waals surface area contributed by atoms with Crippen molar-refractivity contribution in [1.29, 1.82) is 0 Å². The third-order valence-electron chi connectivity index (χ3n) is 5.21. The van der Waals surface area contributed by atoms with Crippen LogP contribution in [0.1, 0.15) is 68.0 Å². The minimum atomic E-state index is -0.115. The van der Waals surface area contributed by atoms with Gasteiger partial charge in [0.25, 0.3) is 0 Å². The van der Waals surface area contributed by atoms with Gasteiger partial charge in [-0.2, -0.15) is 0 Å². The summed E-state index contributed by atoms with van der Waals surface area (Å²) in [5.41, 5.74) is 7.92. The lowest BCUT2D eigenvalue weighted by Crippen LogP contribution is -2.40. The second-order valence-corrected chi connectivity index (χ2v) is 7.83. The zero-order chi connectivity index (χ0) is 13.5. The molecule has 0 amide bonds. The van der Waals surface area contributed by atoms with Crippen LogP contribution in [0.5, 0.6) is 0 Å². The van der Waals surface area contributed by atoms with Crippen molar-refractivity contribution in [1.82, 2.24) is 4.98 Å². The zero-order valence-electron chi connectivity index (χ0n) is 12.2. The highest BCUT2D eigenvalue weighted by atomic mass is 32.1. The number of thiazole rings is 1. The summed E-state index contributed by atoms with van der Waals surface area (Å²) >= 11 is 1.92. The number of aromatic nitrogens is 1. The van der Waals surface area contributed by atoms with Crippen molar-refractivity contribution in [3.05, 3.63) is 15.6 Å². The second-order valence-electron chi connectivity index (χ2n) is 6.74. The molecule has 0 spiro atoms. The Hall–Kier alpha value is -0.410. The molecule has 1 unspecified atom stereocenters. The Morgan fingerprint density at radius 3 is 2.74 bits per heavy atom. The predicted molar refractivity (Wildman–Crippen MR) is 81.4 cm³/mol. The maximum atomic E-state index is 6.67. The maximum absolute atomic E-state index is 6.67. The van der Waals surface area contributed by atoms with Gasteiger partial charge in [0.15, 0.2) is 0 Å². The molecule has 0 radical (unpaired) electrons. The van der Waals surface area contributed by atoms with Crippen molar-refractivity contribution in [3.8, 4) is 0 Å². The fourth-order valence-electron chi connectivity index (χ4n) is 3.50. The monoisotopic (exact) mass is 278 g/mol. The summed E-state index contributed by atoms with van der Waals surface area (Å²) < 4.78 is 0. The molecule has 2 nitrogen and oxygen atoms in total. The molecule has 1 atom stereocenters. The van der Waals surface area contributed by atoms with Crippen molar-refractivity contribution < 1.29 is 0 Å². The summed E-state index contributed by atoms with van der Waals surface area (Å²) in [6.45, 7) is 4.66. The molecule has 106 valence electrons. The number of fused-ring (bicyclic) bond motifs is 1. The van der Waals surface area contributed by atoms with Crippen LogP contribution in [0.15, 0.2) is 0 Å². The topological polar surface area (TPSA) is 38.9 Å². The quantitative estimate of drug-likeness (QED) is 0.887. The smallest absolute Gasteiger partial charge is 0.113 e. The van der Waals surface area contributed by atoms with Gasteiger partial charge < -0.3 is 5.73 Å². The van der Waals surface area contributed by atoms with E-state index >= 15 is 0 Å². The normalized spacial score (nSPS) is 35.1. The van der Waals surface area contributed by atoms with Gasteiger partial charge in [-0.15, -0.1) is 11.3 Å². The minimum Gasteiger partial charge on any atom is -0.319 e. The zero-order valence-corrected chi connectivity index (χ0v) is 13.1. The fourth-order valence-corrected chi connectivity index (χ4v) is 4.88. The van der Waals surface area contributed by atoms with Gasteiger partial charge in [-0.05, 0) is 56.8 Å². The molecule has 19 heavy (non-hydrogen) atoms. The molecule has 1 saturated carbocycles. The standard InChI is InChI=1S/C16H26N2S/c1-3-12-4-5-13-14(10-12)19-15(18-13)16(17)8-6-11(2)7-9-16/h11-12H,3-10,17H2,1-2H3. The third kappa shape index (κ3) is 2.59. The van der Waals surface area contributed by atoms with Crippen LogP contribution in [0.2, 0.25) is 0 Å². The number of nitrogens with two attached hydrogens (primary N) is 1. The van der Waals surface area contributed by atoms with Crippen molar-refractivity contribution in [3.63, 3.8) is 0 Å². The third-order valence-corrected chi connectivity index (χ3v) is 6.55. The Kier molecular flexibility index (Phi) is 3.69. The molecule has 0 aromatic carbocycles.